The predicted octanol–water partition coefficient (Wildman–Crippen LogP) is 4.55. The highest BCUT2D eigenvalue weighted by Crippen LogP contribution is 2.20. The Kier molecular flexibility index (Phi) is 5.71. The van der Waals surface area contributed by atoms with Gasteiger partial charge in [-0.2, -0.15) is 0 Å². The van der Waals surface area contributed by atoms with Crippen molar-refractivity contribution in [2.75, 3.05) is 11.6 Å². The first-order valence-electron chi connectivity index (χ1n) is 6.11. The fraction of sp³-hybridized carbons (Fsp3) is 0.133. The van der Waals surface area contributed by atoms with Gasteiger partial charge in [0.1, 0.15) is 0 Å². The van der Waals surface area contributed by atoms with Crippen LogP contribution >= 0.6 is 35.6 Å². The van der Waals surface area contributed by atoms with E-state index in [0.29, 0.717) is 16.7 Å². The number of para-hydroxylation sites is 1. The fourth-order valence-electron chi connectivity index (χ4n) is 1.65. The van der Waals surface area contributed by atoms with Gasteiger partial charge < -0.3 is 10.6 Å². The second-order valence-electron chi connectivity index (χ2n) is 4.14. The molecule has 0 amide bonds. The van der Waals surface area contributed by atoms with Gasteiger partial charge >= 0.3 is 0 Å². The summed E-state index contributed by atoms with van der Waals surface area (Å²) < 4.78 is 0. The molecule has 0 heterocycles. The first-order valence-corrected chi connectivity index (χ1v) is 8.12. The standard InChI is InChI=1S/C15H15ClN2S2/c1-20-12-8-6-11(7-9-12)10-17-15(19)18-14-5-3-2-4-13(14)16/h2-9H,10H2,1H3,(H2,17,18,19). The molecule has 2 nitrogen and oxygen atoms in total. The van der Waals surface area contributed by atoms with Crippen LogP contribution in [0.2, 0.25) is 5.02 Å². The molecule has 0 spiro atoms. The summed E-state index contributed by atoms with van der Waals surface area (Å²) in [5.74, 6) is 0. The third-order valence-electron chi connectivity index (χ3n) is 2.73. The zero-order valence-corrected chi connectivity index (χ0v) is 13.4. The van der Waals surface area contributed by atoms with E-state index in [2.05, 4.69) is 41.2 Å². The van der Waals surface area contributed by atoms with E-state index < -0.39 is 0 Å². The SMILES string of the molecule is CSc1ccc(CNC(=S)Nc2ccccc2Cl)cc1. The average molecular weight is 323 g/mol. The number of thioether (sulfide) groups is 1. The van der Waals surface area contributed by atoms with Crippen LogP contribution in [0, 0.1) is 0 Å². The summed E-state index contributed by atoms with van der Waals surface area (Å²) in [7, 11) is 0. The molecule has 0 aliphatic carbocycles. The van der Waals surface area contributed by atoms with Crippen LogP contribution in [0.4, 0.5) is 5.69 Å². The quantitative estimate of drug-likeness (QED) is 0.637. The molecule has 2 N–H and O–H groups in total. The molecule has 0 unspecified atom stereocenters. The van der Waals surface area contributed by atoms with E-state index in [1.165, 1.54) is 10.5 Å². The predicted molar refractivity (Wildman–Crippen MR) is 92.7 cm³/mol. The molecule has 0 atom stereocenters. The monoisotopic (exact) mass is 322 g/mol. The molecular formula is C15H15ClN2S2. The van der Waals surface area contributed by atoms with Crippen molar-refractivity contribution in [3.05, 3.63) is 59.1 Å². The second-order valence-corrected chi connectivity index (χ2v) is 5.83. The number of nitrogens with one attached hydrogen (secondary N) is 2. The maximum Gasteiger partial charge on any atom is 0.171 e. The van der Waals surface area contributed by atoms with Crippen molar-refractivity contribution in [3.63, 3.8) is 0 Å². The summed E-state index contributed by atoms with van der Waals surface area (Å²) in [5, 5.41) is 7.47. The molecule has 0 aliphatic heterocycles. The van der Waals surface area contributed by atoms with Gasteiger partial charge in [0.05, 0.1) is 10.7 Å². The lowest BCUT2D eigenvalue weighted by Crippen LogP contribution is -2.27. The van der Waals surface area contributed by atoms with Gasteiger partial charge in [0.15, 0.2) is 5.11 Å². The van der Waals surface area contributed by atoms with Crippen molar-refractivity contribution in [1.29, 1.82) is 0 Å². The van der Waals surface area contributed by atoms with Gasteiger partial charge in [0.25, 0.3) is 0 Å². The Hall–Kier alpha value is -1.23. The summed E-state index contributed by atoms with van der Waals surface area (Å²) in [4.78, 5) is 1.26. The Morgan fingerprint density at radius 3 is 2.50 bits per heavy atom. The molecule has 0 saturated heterocycles. The number of hydrogen-bond donors (Lipinski definition) is 2. The summed E-state index contributed by atoms with van der Waals surface area (Å²) in [5.41, 5.74) is 2.00. The van der Waals surface area contributed by atoms with Crippen molar-refractivity contribution in [1.82, 2.24) is 5.32 Å². The van der Waals surface area contributed by atoms with E-state index in [4.69, 9.17) is 23.8 Å². The highest BCUT2D eigenvalue weighted by Gasteiger charge is 2.01. The van der Waals surface area contributed by atoms with Crippen LogP contribution in [-0.4, -0.2) is 11.4 Å². The highest BCUT2D eigenvalue weighted by molar-refractivity contribution is 7.98. The molecule has 2 rings (SSSR count). The number of anilines is 1. The molecule has 2 aromatic carbocycles. The zero-order chi connectivity index (χ0) is 14.4. The number of hydrogen-bond acceptors (Lipinski definition) is 2. The van der Waals surface area contributed by atoms with E-state index in [-0.39, 0.29) is 0 Å². The van der Waals surface area contributed by atoms with Crippen LogP contribution in [-0.2, 0) is 6.54 Å². The van der Waals surface area contributed by atoms with Crippen LogP contribution in [0.1, 0.15) is 5.56 Å². The normalized spacial score (nSPS) is 10.1. The molecule has 0 fully saturated rings. The van der Waals surface area contributed by atoms with E-state index in [0.717, 1.165) is 5.69 Å². The molecule has 5 heteroatoms. The fourth-order valence-corrected chi connectivity index (χ4v) is 2.43. The molecule has 0 radical (unpaired) electrons. The lowest BCUT2D eigenvalue weighted by molar-refractivity contribution is 0.924. The van der Waals surface area contributed by atoms with Gasteiger partial charge in [-0.3, -0.25) is 0 Å². The van der Waals surface area contributed by atoms with Crippen molar-refractivity contribution in [2.45, 2.75) is 11.4 Å². The van der Waals surface area contributed by atoms with Crippen LogP contribution < -0.4 is 10.6 Å². The Balaban J connectivity index is 1.87. The zero-order valence-electron chi connectivity index (χ0n) is 11.0. The van der Waals surface area contributed by atoms with E-state index in [1.54, 1.807) is 11.8 Å². The maximum absolute atomic E-state index is 6.07. The third-order valence-corrected chi connectivity index (χ3v) is 4.05. The first-order chi connectivity index (χ1) is 9.69. The Labute approximate surface area is 133 Å². The average Bonchev–Trinajstić information content (AvgIpc) is 2.48. The van der Waals surface area contributed by atoms with Gasteiger partial charge in [0.2, 0.25) is 0 Å². The van der Waals surface area contributed by atoms with Gasteiger partial charge in [-0.15, -0.1) is 11.8 Å². The minimum Gasteiger partial charge on any atom is -0.358 e. The van der Waals surface area contributed by atoms with Gasteiger partial charge in [-0.05, 0) is 48.3 Å². The topological polar surface area (TPSA) is 24.1 Å². The Bertz CT molecular complexity index is 585. The second kappa shape index (κ2) is 7.53. The van der Waals surface area contributed by atoms with Gasteiger partial charge in [-0.25, -0.2) is 0 Å². The Morgan fingerprint density at radius 1 is 1.15 bits per heavy atom. The van der Waals surface area contributed by atoms with Gasteiger partial charge in [-0.1, -0.05) is 35.9 Å². The van der Waals surface area contributed by atoms with Crippen molar-refractivity contribution < 1.29 is 0 Å². The number of thiocarbonyl (C=S) groups is 1. The van der Waals surface area contributed by atoms with E-state index >= 15 is 0 Å². The summed E-state index contributed by atoms with van der Waals surface area (Å²) in [6.07, 6.45) is 2.07. The van der Waals surface area contributed by atoms with E-state index in [1.807, 2.05) is 24.3 Å². The summed E-state index contributed by atoms with van der Waals surface area (Å²) in [6.45, 7) is 0.685. The molecule has 2 aromatic rings. The summed E-state index contributed by atoms with van der Waals surface area (Å²) >= 11 is 13.1. The van der Waals surface area contributed by atoms with Crippen LogP contribution in [0.15, 0.2) is 53.4 Å². The largest absolute Gasteiger partial charge is 0.358 e. The lowest BCUT2D eigenvalue weighted by atomic mass is 10.2. The molecule has 20 heavy (non-hydrogen) atoms. The minimum absolute atomic E-state index is 0.562. The summed E-state index contributed by atoms with van der Waals surface area (Å²) in [6, 6.07) is 15.9. The number of rotatable bonds is 4. The third kappa shape index (κ3) is 4.40. The van der Waals surface area contributed by atoms with Crippen molar-refractivity contribution in [2.24, 2.45) is 0 Å². The maximum atomic E-state index is 6.07. The minimum atomic E-state index is 0.562. The van der Waals surface area contributed by atoms with E-state index in [9.17, 15) is 0 Å². The number of halogens is 1. The molecule has 0 aliphatic rings. The van der Waals surface area contributed by atoms with Crippen molar-refractivity contribution in [3.8, 4) is 0 Å². The molecule has 0 aromatic heterocycles. The van der Waals surface area contributed by atoms with Crippen LogP contribution in [0.3, 0.4) is 0 Å². The molecule has 0 bridgehead atoms. The Morgan fingerprint density at radius 2 is 1.85 bits per heavy atom. The van der Waals surface area contributed by atoms with Crippen LogP contribution in [0.5, 0.6) is 0 Å². The first kappa shape index (κ1) is 15.2. The smallest absolute Gasteiger partial charge is 0.171 e. The molecule has 0 saturated carbocycles. The molecular weight excluding hydrogens is 308 g/mol. The van der Waals surface area contributed by atoms with Crippen LogP contribution in [0.25, 0.3) is 0 Å². The number of benzene rings is 2. The van der Waals surface area contributed by atoms with Crippen molar-refractivity contribution >= 4 is 46.4 Å². The van der Waals surface area contributed by atoms with Gasteiger partial charge in [0, 0.05) is 11.4 Å². The molecule has 104 valence electrons. The highest BCUT2D eigenvalue weighted by atomic mass is 35.5. The lowest BCUT2D eigenvalue weighted by Gasteiger charge is -2.11.